The molecule has 2 aromatic rings. The zero-order valence-electron chi connectivity index (χ0n) is 16.3. The number of nitrogens with one attached hydrogen (secondary N) is 1. The van der Waals surface area contributed by atoms with Gasteiger partial charge >= 0.3 is 0 Å². The number of aromatic nitrogens is 2. The molecule has 1 fully saturated rings. The Balaban J connectivity index is 1.46. The normalized spacial score (nSPS) is 14.7. The SMILES string of the molecule is COc1nn(C)cc1C(=O)N1CCN(CCNC(=O)c2c(F)cccc2Cl)CC1. The van der Waals surface area contributed by atoms with E-state index >= 15 is 0 Å². The van der Waals surface area contributed by atoms with Crippen molar-refractivity contribution in [3.8, 4) is 5.88 Å². The third-order valence-corrected chi connectivity index (χ3v) is 5.10. The molecule has 0 bridgehead atoms. The second-order valence-electron chi connectivity index (χ2n) is 6.71. The van der Waals surface area contributed by atoms with Gasteiger partial charge in [-0.15, -0.1) is 5.10 Å². The minimum atomic E-state index is -0.645. The number of nitrogens with zero attached hydrogens (tertiary/aromatic N) is 4. The zero-order valence-corrected chi connectivity index (χ0v) is 17.1. The molecule has 0 spiro atoms. The number of rotatable bonds is 6. The van der Waals surface area contributed by atoms with Gasteiger partial charge in [-0.1, -0.05) is 17.7 Å². The van der Waals surface area contributed by atoms with Gasteiger partial charge in [0.1, 0.15) is 11.4 Å². The van der Waals surface area contributed by atoms with Gasteiger partial charge in [-0.3, -0.25) is 19.2 Å². The number of hydrogen-bond acceptors (Lipinski definition) is 5. The standard InChI is InChI=1S/C19H23ClFN5O3/c1-24-12-13(18(23-24)29-2)19(28)26-10-8-25(9-11-26)7-6-22-17(27)16-14(20)4-3-5-15(16)21/h3-5,12H,6-11H2,1-2H3,(H,22,27). The van der Waals surface area contributed by atoms with E-state index in [1.807, 2.05) is 0 Å². The molecule has 0 radical (unpaired) electrons. The first-order valence-electron chi connectivity index (χ1n) is 9.22. The van der Waals surface area contributed by atoms with Crippen LogP contribution in [0, 0.1) is 5.82 Å². The molecule has 1 aromatic heterocycles. The molecule has 2 heterocycles. The quantitative estimate of drug-likeness (QED) is 0.760. The first-order chi connectivity index (χ1) is 13.9. The Morgan fingerprint density at radius 2 is 2.00 bits per heavy atom. The van der Waals surface area contributed by atoms with Crippen molar-refractivity contribution in [3.63, 3.8) is 0 Å². The summed E-state index contributed by atoms with van der Waals surface area (Å²) < 4.78 is 20.5. The number of ether oxygens (including phenoxy) is 1. The summed E-state index contributed by atoms with van der Waals surface area (Å²) in [7, 11) is 3.22. The van der Waals surface area contributed by atoms with Crippen molar-refractivity contribution in [1.82, 2.24) is 24.9 Å². The first-order valence-corrected chi connectivity index (χ1v) is 9.60. The van der Waals surface area contributed by atoms with Crippen molar-refractivity contribution >= 4 is 23.4 Å². The summed E-state index contributed by atoms with van der Waals surface area (Å²) in [6.07, 6.45) is 1.65. The van der Waals surface area contributed by atoms with E-state index in [4.69, 9.17) is 16.3 Å². The Morgan fingerprint density at radius 1 is 1.28 bits per heavy atom. The summed E-state index contributed by atoms with van der Waals surface area (Å²) in [5, 5.41) is 6.89. The first kappa shape index (κ1) is 21.1. The van der Waals surface area contributed by atoms with Crippen molar-refractivity contribution in [3.05, 3.63) is 46.4 Å². The van der Waals surface area contributed by atoms with E-state index in [9.17, 15) is 14.0 Å². The van der Waals surface area contributed by atoms with Gasteiger partial charge in [0.15, 0.2) is 0 Å². The highest BCUT2D eigenvalue weighted by Gasteiger charge is 2.26. The van der Waals surface area contributed by atoms with Crippen molar-refractivity contribution in [1.29, 1.82) is 0 Å². The number of methoxy groups -OCH3 is 1. The van der Waals surface area contributed by atoms with Crippen LogP contribution in [0.5, 0.6) is 5.88 Å². The number of piperazine rings is 1. The molecule has 10 heteroatoms. The van der Waals surface area contributed by atoms with Crippen LogP contribution in [0.3, 0.4) is 0 Å². The van der Waals surface area contributed by atoms with Crippen LogP contribution in [0.2, 0.25) is 5.02 Å². The highest BCUT2D eigenvalue weighted by Crippen LogP contribution is 2.19. The van der Waals surface area contributed by atoms with Crippen molar-refractivity contribution in [2.24, 2.45) is 7.05 Å². The molecule has 3 rings (SSSR count). The molecule has 0 unspecified atom stereocenters. The lowest BCUT2D eigenvalue weighted by Gasteiger charge is -2.34. The summed E-state index contributed by atoms with van der Waals surface area (Å²) in [4.78, 5) is 28.7. The van der Waals surface area contributed by atoms with Crippen LogP contribution in [0.25, 0.3) is 0 Å². The van der Waals surface area contributed by atoms with E-state index in [-0.39, 0.29) is 16.5 Å². The number of carbonyl (C=O) groups is 2. The largest absolute Gasteiger partial charge is 0.479 e. The highest BCUT2D eigenvalue weighted by molar-refractivity contribution is 6.33. The smallest absolute Gasteiger partial charge is 0.261 e. The van der Waals surface area contributed by atoms with Crippen LogP contribution in [0.1, 0.15) is 20.7 Å². The molecule has 156 valence electrons. The van der Waals surface area contributed by atoms with Crippen LogP contribution >= 0.6 is 11.6 Å². The van der Waals surface area contributed by atoms with Gasteiger partial charge in [0, 0.05) is 52.5 Å². The van der Waals surface area contributed by atoms with E-state index in [1.165, 1.54) is 25.3 Å². The number of benzene rings is 1. The maximum absolute atomic E-state index is 13.8. The number of aryl methyl sites for hydroxylation is 1. The maximum Gasteiger partial charge on any atom is 0.261 e. The summed E-state index contributed by atoms with van der Waals surface area (Å²) >= 11 is 5.91. The minimum Gasteiger partial charge on any atom is -0.479 e. The Hall–Kier alpha value is -2.65. The number of carbonyl (C=O) groups excluding carboxylic acids is 2. The molecule has 1 aliphatic heterocycles. The summed E-state index contributed by atoms with van der Waals surface area (Å²) in [5.41, 5.74) is 0.299. The lowest BCUT2D eigenvalue weighted by Crippen LogP contribution is -2.50. The molecule has 2 amide bonds. The summed E-state index contributed by atoms with van der Waals surface area (Å²) in [6, 6.07) is 4.14. The zero-order chi connectivity index (χ0) is 21.0. The molecular weight excluding hydrogens is 401 g/mol. The van der Waals surface area contributed by atoms with Crippen molar-refractivity contribution < 1.29 is 18.7 Å². The van der Waals surface area contributed by atoms with Gasteiger partial charge in [0.05, 0.1) is 17.7 Å². The van der Waals surface area contributed by atoms with Gasteiger partial charge in [0.25, 0.3) is 11.8 Å². The molecular formula is C19H23ClFN5O3. The van der Waals surface area contributed by atoms with Crippen LogP contribution < -0.4 is 10.1 Å². The molecule has 0 atom stereocenters. The molecule has 1 N–H and O–H groups in total. The average Bonchev–Trinajstić information content (AvgIpc) is 3.08. The Labute approximate surface area is 173 Å². The van der Waals surface area contributed by atoms with Gasteiger partial charge < -0.3 is 15.0 Å². The predicted molar refractivity (Wildman–Crippen MR) is 106 cm³/mol. The van der Waals surface area contributed by atoms with Gasteiger partial charge in [0.2, 0.25) is 5.88 Å². The van der Waals surface area contributed by atoms with Crippen molar-refractivity contribution in [2.45, 2.75) is 0 Å². The molecule has 29 heavy (non-hydrogen) atoms. The third-order valence-electron chi connectivity index (χ3n) is 4.78. The van der Waals surface area contributed by atoms with E-state index in [1.54, 1.807) is 22.8 Å². The van der Waals surface area contributed by atoms with E-state index in [0.29, 0.717) is 50.7 Å². The minimum absolute atomic E-state index is 0.0838. The predicted octanol–water partition coefficient (Wildman–Crippen LogP) is 1.41. The van der Waals surface area contributed by atoms with Crippen LogP contribution in [0.15, 0.2) is 24.4 Å². The van der Waals surface area contributed by atoms with Gasteiger partial charge in [-0.05, 0) is 12.1 Å². The van der Waals surface area contributed by atoms with E-state index in [2.05, 4.69) is 15.3 Å². The second-order valence-corrected chi connectivity index (χ2v) is 7.12. The Morgan fingerprint density at radius 3 is 2.66 bits per heavy atom. The van der Waals surface area contributed by atoms with Gasteiger partial charge in [-0.2, -0.15) is 0 Å². The molecule has 0 aliphatic carbocycles. The van der Waals surface area contributed by atoms with E-state index < -0.39 is 11.7 Å². The fraction of sp³-hybridized carbons (Fsp3) is 0.421. The van der Waals surface area contributed by atoms with Gasteiger partial charge in [-0.25, -0.2) is 4.39 Å². The number of amides is 2. The topological polar surface area (TPSA) is 79.7 Å². The maximum atomic E-state index is 13.8. The average molecular weight is 424 g/mol. The summed E-state index contributed by atoms with van der Waals surface area (Å²) in [6.45, 7) is 3.41. The molecule has 0 saturated carbocycles. The van der Waals surface area contributed by atoms with E-state index in [0.717, 1.165) is 0 Å². The Bertz CT molecular complexity index is 876. The second kappa shape index (κ2) is 9.23. The monoisotopic (exact) mass is 423 g/mol. The number of halogens is 2. The van der Waals surface area contributed by atoms with Crippen LogP contribution in [0.4, 0.5) is 4.39 Å². The summed E-state index contributed by atoms with van der Waals surface area (Å²) in [5.74, 6) is -0.981. The highest BCUT2D eigenvalue weighted by atomic mass is 35.5. The third kappa shape index (κ3) is 4.86. The molecule has 8 nitrogen and oxygen atoms in total. The fourth-order valence-electron chi connectivity index (χ4n) is 3.24. The lowest BCUT2D eigenvalue weighted by atomic mass is 10.2. The lowest BCUT2D eigenvalue weighted by molar-refractivity contribution is 0.0634. The van der Waals surface area contributed by atoms with Crippen molar-refractivity contribution in [2.75, 3.05) is 46.4 Å². The van der Waals surface area contributed by atoms with Crippen LogP contribution in [-0.2, 0) is 7.05 Å². The molecule has 1 saturated heterocycles. The fourth-order valence-corrected chi connectivity index (χ4v) is 3.49. The molecule has 1 aromatic carbocycles. The molecule has 1 aliphatic rings. The Kier molecular flexibility index (Phi) is 6.71. The number of hydrogen-bond donors (Lipinski definition) is 1. The van der Waals surface area contributed by atoms with Crippen LogP contribution in [-0.4, -0.2) is 77.8 Å².